The third-order valence-corrected chi connectivity index (χ3v) is 3.44. The van der Waals surface area contributed by atoms with Gasteiger partial charge in [-0.05, 0) is 19.1 Å². The first-order valence-corrected chi connectivity index (χ1v) is 5.71. The number of hydrogen-bond donors (Lipinski definition) is 1. The lowest BCUT2D eigenvalue weighted by molar-refractivity contribution is 0.0533. The van der Waals surface area contributed by atoms with Gasteiger partial charge in [-0.15, -0.1) is 11.3 Å². The van der Waals surface area contributed by atoms with Gasteiger partial charge in [0.15, 0.2) is 11.6 Å². The second kappa shape index (κ2) is 4.29. The lowest BCUT2D eigenvalue weighted by Crippen LogP contribution is -2.04. The van der Waals surface area contributed by atoms with Crippen LogP contribution in [0, 0.1) is 11.6 Å². The molecular formula is C11H9F2NO2S. The summed E-state index contributed by atoms with van der Waals surface area (Å²) >= 11 is 0.798. The van der Waals surface area contributed by atoms with E-state index in [4.69, 9.17) is 10.5 Å². The summed E-state index contributed by atoms with van der Waals surface area (Å²) in [5.41, 5.74) is 5.84. The summed E-state index contributed by atoms with van der Waals surface area (Å²) in [6.45, 7) is 1.85. The second-order valence-electron chi connectivity index (χ2n) is 3.30. The molecular weight excluding hydrogens is 248 g/mol. The zero-order valence-corrected chi connectivity index (χ0v) is 9.74. The maximum Gasteiger partial charge on any atom is 0.350 e. The minimum atomic E-state index is -0.991. The molecule has 0 saturated heterocycles. The number of thiophene rings is 1. The molecule has 2 aromatic rings. The van der Waals surface area contributed by atoms with E-state index >= 15 is 0 Å². The van der Waals surface area contributed by atoms with Crippen LogP contribution >= 0.6 is 11.3 Å². The van der Waals surface area contributed by atoms with E-state index in [1.165, 1.54) is 6.07 Å². The van der Waals surface area contributed by atoms with E-state index < -0.39 is 17.6 Å². The maximum absolute atomic E-state index is 13.5. The predicted molar refractivity (Wildman–Crippen MR) is 62.1 cm³/mol. The minimum Gasteiger partial charge on any atom is -0.462 e. The van der Waals surface area contributed by atoms with Crippen molar-refractivity contribution in [2.24, 2.45) is 0 Å². The topological polar surface area (TPSA) is 52.3 Å². The van der Waals surface area contributed by atoms with Crippen LogP contribution in [0.2, 0.25) is 0 Å². The number of carbonyl (C=O) groups excluding carboxylic acids is 1. The van der Waals surface area contributed by atoms with Crippen LogP contribution in [0.4, 0.5) is 14.5 Å². The van der Waals surface area contributed by atoms with E-state index in [0.717, 1.165) is 17.4 Å². The molecule has 0 radical (unpaired) electrons. The molecule has 2 N–H and O–H groups in total. The molecule has 90 valence electrons. The van der Waals surface area contributed by atoms with Gasteiger partial charge >= 0.3 is 5.97 Å². The Labute approximate surface area is 99.8 Å². The molecule has 0 aliphatic heterocycles. The van der Waals surface area contributed by atoms with Crippen molar-refractivity contribution in [3.8, 4) is 0 Å². The molecule has 1 heterocycles. The highest BCUT2D eigenvalue weighted by Gasteiger charge is 2.20. The third kappa shape index (κ3) is 1.84. The zero-order chi connectivity index (χ0) is 12.6. The summed E-state index contributed by atoms with van der Waals surface area (Å²) in [6.07, 6.45) is 0. The first-order valence-electron chi connectivity index (χ1n) is 4.89. The number of esters is 1. The Hall–Kier alpha value is -1.69. The Bertz CT molecular complexity index is 595. The summed E-state index contributed by atoms with van der Waals surface area (Å²) in [5.74, 6) is -2.57. The van der Waals surface area contributed by atoms with Gasteiger partial charge in [-0.3, -0.25) is 0 Å². The number of benzene rings is 1. The fourth-order valence-corrected chi connectivity index (χ4v) is 2.51. The number of hydrogen-bond acceptors (Lipinski definition) is 4. The fourth-order valence-electron chi connectivity index (χ4n) is 1.47. The van der Waals surface area contributed by atoms with Crippen LogP contribution < -0.4 is 5.73 Å². The maximum atomic E-state index is 13.5. The van der Waals surface area contributed by atoms with Gasteiger partial charge in [0.25, 0.3) is 0 Å². The molecule has 0 saturated carbocycles. The minimum absolute atomic E-state index is 0.0329. The number of carbonyl (C=O) groups is 1. The van der Waals surface area contributed by atoms with Gasteiger partial charge in [0.05, 0.1) is 17.0 Å². The zero-order valence-electron chi connectivity index (χ0n) is 8.92. The van der Waals surface area contributed by atoms with Gasteiger partial charge in [-0.25, -0.2) is 13.6 Å². The van der Waals surface area contributed by atoms with Crippen LogP contribution in [0.25, 0.3) is 10.1 Å². The standard InChI is InChI=1S/C11H9F2NO2S/c1-2-16-11(15)10-8(14)5-3-4-6(12)7(13)9(5)17-10/h3-4H,2,14H2,1H3. The summed E-state index contributed by atoms with van der Waals surface area (Å²) in [7, 11) is 0. The van der Waals surface area contributed by atoms with Crippen LogP contribution in [-0.4, -0.2) is 12.6 Å². The number of nitrogens with two attached hydrogens (primary N) is 1. The molecule has 0 aliphatic rings. The number of ether oxygens (including phenoxy) is 1. The summed E-state index contributed by atoms with van der Waals surface area (Å²) < 4.78 is 31.3. The summed E-state index contributed by atoms with van der Waals surface area (Å²) in [4.78, 5) is 11.6. The van der Waals surface area contributed by atoms with Crippen LogP contribution in [-0.2, 0) is 4.74 Å². The van der Waals surface area contributed by atoms with E-state index in [2.05, 4.69) is 0 Å². The van der Waals surface area contributed by atoms with E-state index in [9.17, 15) is 13.6 Å². The average Bonchev–Trinajstić information content (AvgIpc) is 2.63. The van der Waals surface area contributed by atoms with Crippen molar-refractivity contribution in [3.63, 3.8) is 0 Å². The Kier molecular flexibility index (Phi) is 2.97. The smallest absolute Gasteiger partial charge is 0.350 e. The van der Waals surface area contributed by atoms with Gasteiger partial charge in [-0.2, -0.15) is 0 Å². The van der Waals surface area contributed by atoms with Gasteiger partial charge in [0.1, 0.15) is 4.88 Å². The number of anilines is 1. The monoisotopic (exact) mass is 257 g/mol. The molecule has 0 amide bonds. The third-order valence-electron chi connectivity index (χ3n) is 2.25. The van der Waals surface area contributed by atoms with Gasteiger partial charge in [0, 0.05) is 5.39 Å². The van der Waals surface area contributed by atoms with Gasteiger partial charge in [-0.1, -0.05) is 0 Å². The lowest BCUT2D eigenvalue weighted by atomic mass is 10.2. The largest absolute Gasteiger partial charge is 0.462 e. The van der Waals surface area contributed by atoms with Crippen molar-refractivity contribution >= 4 is 33.1 Å². The molecule has 1 aromatic carbocycles. The highest BCUT2D eigenvalue weighted by Crippen LogP contribution is 2.36. The van der Waals surface area contributed by atoms with Gasteiger partial charge in [0.2, 0.25) is 0 Å². The molecule has 0 bridgehead atoms. The fraction of sp³-hybridized carbons (Fsp3) is 0.182. The van der Waals surface area contributed by atoms with Crippen molar-refractivity contribution in [1.82, 2.24) is 0 Å². The first-order chi connectivity index (χ1) is 8.06. The van der Waals surface area contributed by atoms with Gasteiger partial charge < -0.3 is 10.5 Å². The van der Waals surface area contributed by atoms with Crippen molar-refractivity contribution in [2.45, 2.75) is 6.92 Å². The number of halogens is 2. The second-order valence-corrected chi connectivity index (χ2v) is 4.32. The Morgan fingerprint density at radius 1 is 1.47 bits per heavy atom. The Balaban J connectivity index is 2.64. The average molecular weight is 257 g/mol. The summed E-state index contributed by atoms with van der Waals surface area (Å²) in [6, 6.07) is 2.33. The van der Waals surface area contributed by atoms with E-state index in [0.29, 0.717) is 5.39 Å². The quantitative estimate of drug-likeness (QED) is 0.841. The normalized spacial score (nSPS) is 10.8. The van der Waals surface area contributed by atoms with Crippen molar-refractivity contribution in [1.29, 1.82) is 0 Å². The molecule has 1 aromatic heterocycles. The molecule has 2 rings (SSSR count). The highest BCUT2D eigenvalue weighted by molar-refractivity contribution is 7.21. The highest BCUT2D eigenvalue weighted by atomic mass is 32.1. The van der Waals surface area contributed by atoms with Crippen molar-refractivity contribution in [2.75, 3.05) is 12.3 Å². The lowest BCUT2D eigenvalue weighted by Gasteiger charge is -1.99. The molecule has 6 heteroatoms. The summed E-state index contributed by atoms with van der Waals surface area (Å²) in [5, 5.41) is 0.331. The van der Waals surface area contributed by atoms with Crippen molar-refractivity contribution < 1.29 is 18.3 Å². The number of rotatable bonds is 2. The molecule has 0 unspecified atom stereocenters. The molecule has 0 spiro atoms. The van der Waals surface area contributed by atoms with Crippen LogP contribution in [0.1, 0.15) is 16.6 Å². The van der Waals surface area contributed by atoms with Crippen molar-refractivity contribution in [3.05, 3.63) is 28.6 Å². The molecule has 0 fully saturated rings. The number of fused-ring (bicyclic) bond motifs is 1. The SMILES string of the molecule is CCOC(=O)c1sc2c(F)c(F)ccc2c1N. The van der Waals surface area contributed by atoms with Crippen LogP contribution in [0.15, 0.2) is 12.1 Å². The van der Waals surface area contributed by atoms with Crippen LogP contribution in [0.3, 0.4) is 0 Å². The molecule has 3 nitrogen and oxygen atoms in total. The Morgan fingerprint density at radius 3 is 2.82 bits per heavy atom. The number of nitrogen functional groups attached to an aromatic ring is 1. The van der Waals surface area contributed by atoms with E-state index in [1.807, 2.05) is 0 Å². The first kappa shape index (κ1) is 11.8. The molecule has 0 atom stereocenters. The predicted octanol–water partition coefficient (Wildman–Crippen LogP) is 2.94. The Morgan fingerprint density at radius 2 is 2.18 bits per heavy atom. The van der Waals surface area contributed by atoms with E-state index in [-0.39, 0.29) is 21.9 Å². The molecule has 17 heavy (non-hydrogen) atoms. The van der Waals surface area contributed by atoms with Crippen LogP contribution in [0.5, 0.6) is 0 Å². The molecule has 0 aliphatic carbocycles. The van der Waals surface area contributed by atoms with E-state index in [1.54, 1.807) is 6.92 Å².